The van der Waals surface area contributed by atoms with Gasteiger partial charge in [-0.25, -0.2) is 4.79 Å². The molecule has 284 valence electrons. The molecule has 2 aromatic carbocycles. The molecule has 0 saturated heterocycles. The van der Waals surface area contributed by atoms with Crippen LogP contribution in [0.3, 0.4) is 0 Å². The first-order valence-corrected chi connectivity index (χ1v) is 17.3. The zero-order valence-corrected chi connectivity index (χ0v) is 29.9. The minimum Gasteiger partial charge on any atom is -0.481 e. The highest BCUT2D eigenvalue weighted by Gasteiger charge is 2.33. The number of hydrogen-bond donors (Lipinski definition) is 10. The van der Waals surface area contributed by atoms with Gasteiger partial charge in [0.15, 0.2) is 0 Å². The van der Waals surface area contributed by atoms with E-state index in [1.807, 2.05) is 0 Å². The first kappa shape index (κ1) is 43.2. The molecule has 0 aromatic heterocycles. The number of carboxylic acid groups (broad SMARTS) is 2. The van der Waals surface area contributed by atoms with Crippen molar-refractivity contribution in [1.82, 2.24) is 26.6 Å². The fourth-order valence-corrected chi connectivity index (χ4v) is 5.25. The van der Waals surface area contributed by atoms with E-state index in [0.717, 1.165) is 0 Å². The van der Waals surface area contributed by atoms with E-state index < -0.39 is 90.8 Å². The molecule has 0 aliphatic carbocycles. The summed E-state index contributed by atoms with van der Waals surface area (Å²) in [4.78, 5) is 89.6. The van der Waals surface area contributed by atoms with Crippen LogP contribution < -0.4 is 32.3 Å². The van der Waals surface area contributed by atoms with Crippen molar-refractivity contribution in [3.05, 3.63) is 71.8 Å². The molecule has 5 amide bonds. The molecule has 0 fully saturated rings. The Kier molecular flexibility index (Phi) is 18.3. The lowest BCUT2D eigenvalue weighted by molar-refractivity contribution is -0.143. The van der Waals surface area contributed by atoms with Gasteiger partial charge in [0.1, 0.15) is 36.3 Å². The molecule has 0 unspecified atom stereocenters. The van der Waals surface area contributed by atoms with Gasteiger partial charge in [-0.05, 0) is 29.9 Å². The standard InChI is InChI=1S/C35H48N6O10S/c1-20(2)15-27(35(50)51)40-31(46)24(13-14-29(43)44)37-34(49)28(19-52)41-33(48)26(17-22-11-7-4-8-12-22)39-32(47)25(38-30(45)23(36)18-42)16-21-9-5-3-6-10-21/h3-12,20,23-28,42,52H,13-19,36H2,1-2H3,(H,37,49)(H,38,45)(H,39,47)(H,40,46)(H,41,48)(H,43,44)(H,50,51)/t23-,24-,25-,26-,27-,28-/m0/s1. The summed E-state index contributed by atoms with van der Waals surface area (Å²) in [5, 5.41) is 40.6. The SMILES string of the molecule is CC(C)C[C@H](NC(=O)[C@H](CCC(=O)O)NC(=O)[C@H](CS)NC(=O)[C@H](Cc1ccccc1)NC(=O)[C@H](Cc1ccccc1)NC(=O)[C@@H](N)CO)C(=O)O. The van der Waals surface area contributed by atoms with Crippen molar-refractivity contribution in [1.29, 1.82) is 0 Å². The zero-order valence-electron chi connectivity index (χ0n) is 29.0. The highest BCUT2D eigenvalue weighted by atomic mass is 32.1. The molecule has 0 bridgehead atoms. The van der Waals surface area contributed by atoms with Gasteiger partial charge in [-0.2, -0.15) is 12.6 Å². The number of carbonyl (C=O) groups excluding carboxylic acids is 5. The summed E-state index contributed by atoms with van der Waals surface area (Å²) >= 11 is 4.19. The van der Waals surface area contributed by atoms with Crippen LogP contribution >= 0.6 is 12.6 Å². The Morgan fingerprint density at radius 3 is 1.46 bits per heavy atom. The Labute approximate surface area is 307 Å². The van der Waals surface area contributed by atoms with Crippen molar-refractivity contribution in [2.45, 2.75) is 82.2 Å². The molecule has 52 heavy (non-hydrogen) atoms. The number of aliphatic hydroxyl groups is 1. The van der Waals surface area contributed by atoms with E-state index in [9.17, 15) is 48.9 Å². The van der Waals surface area contributed by atoms with Gasteiger partial charge in [0.2, 0.25) is 29.5 Å². The fourth-order valence-electron chi connectivity index (χ4n) is 4.99. The number of aliphatic hydroxyl groups excluding tert-OH is 1. The largest absolute Gasteiger partial charge is 0.481 e. The van der Waals surface area contributed by atoms with Gasteiger partial charge in [0.05, 0.1) is 6.61 Å². The van der Waals surface area contributed by atoms with E-state index in [1.54, 1.807) is 74.5 Å². The Morgan fingerprint density at radius 2 is 1.04 bits per heavy atom. The van der Waals surface area contributed by atoms with Crippen LogP contribution in [0.15, 0.2) is 60.7 Å². The quantitative estimate of drug-likeness (QED) is 0.0663. The number of benzene rings is 2. The van der Waals surface area contributed by atoms with E-state index in [1.165, 1.54) is 0 Å². The van der Waals surface area contributed by atoms with Crippen LogP contribution in [0.5, 0.6) is 0 Å². The number of carboxylic acids is 2. The molecule has 10 N–H and O–H groups in total. The number of thiol groups is 1. The number of amides is 5. The highest BCUT2D eigenvalue weighted by molar-refractivity contribution is 7.80. The summed E-state index contributed by atoms with van der Waals surface area (Å²) in [5.41, 5.74) is 6.98. The van der Waals surface area contributed by atoms with Gasteiger partial charge in [0, 0.05) is 25.0 Å². The molecule has 0 spiro atoms. The smallest absolute Gasteiger partial charge is 0.326 e. The number of nitrogens with one attached hydrogen (secondary N) is 5. The number of carbonyl (C=O) groups is 7. The van der Waals surface area contributed by atoms with Crippen molar-refractivity contribution >= 4 is 54.1 Å². The summed E-state index contributed by atoms with van der Waals surface area (Å²) in [6.07, 6.45) is -0.869. The molecule has 2 rings (SSSR count). The molecule has 16 nitrogen and oxygen atoms in total. The molecule has 17 heteroatoms. The molecule has 0 heterocycles. The van der Waals surface area contributed by atoms with Crippen LogP contribution in [0.25, 0.3) is 0 Å². The predicted octanol–water partition coefficient (Wildman–Crippen LogP) is -0.859. The molecule has 2 aromatic rings. The molecule has 0 aliphatic heterocycles. The van der Waals surface area contributed by atoms with Gasteiger partial charge in [-0.3, -0.25) is 28.8 Å². The van der Waals surface area contributed by atoms with E-state index in [-0.39, 0.29) is 37.4 Å². The van der Waals surface area contributed by atoms with Gasteiger partial charge in [-0.15, -0.1) is 0 Å². The maximum atomic E-state index is 13.8. The third-order valence-electron chi connectivity index (χ3n) is 7.78. The summed E-state index contributed by atoms with van der Waals surface area (Å²) in [6, 6.07) is 9.38. The lowest BCUT2D eigenvalue weighted by Crippen LogP contribution is -2.60. The van der Waals surface area contributed by atoms with Crippen molar-refractivity contribution < 1.29 is 48.9 Å². The minimum absolute atomic E-state index is 0.0115. The second-order valence-corrected chi connectivity index (χ2v) is 12.9. The number of nitrogens with two attached hydrogens (primary N) is 1. The second kappa shape index (κ2) is 22.0. The van der Waals surface area contributed by atoms with Crippen LogP contribution in [0.1, 0.15) is 44.2 Å². The van der Waals surface area contributed by atoms with Crippen LogP contribution in [0.2, 0.25) is 0 Å². The highest BCUT2D eigenvalue weighted by Crippen LogP contribution is 2.10. The van der Waals surface area contributed by atoms with Gasteiger partial charge in [-0.1, -0.05) is 74.5 Å². The first-order chi connectivity index (χ1) is 24.6. The second-order valence-electron chi connectivity index (χ2n) is 12.6. The summed E-state index contributed by atoms with van der Waals surface area (Å²) < 4.78 is 0. The summed E-state index contributed by atoms with van der Waals surface area (Å²) in [5.74, 6) is -7.17. The van der Waals surface area contributed by atoms with E-state index in [0.29, 0.717) is 11.1 Å². The molecule has 0 saturated carbocycles. The fraction of sp³-hybridized carbons (Fsp3) is 0.457. The average molecular weight is 745 g/mol. The molecule has 6 atom stereocenters. The Balaban J connectivity index is 2.32. The van der Waals surface area contributed by atoms with Crippen LogP contribution in [-0.2, 0) is 46.4 Å². The first-order valence-electron chi connectivity index (χ1n) is 16.7. The topological polar surface area (TPSA) is 266 Å². The number of rotatable bonds is 22. The van der Waals surface area contributed by atoms with E-state index in [4.69, 9.17) is 5.73 Å². The normalized spacial score (nSPS) is 14.4. The van der Waals surface area contributed by atoms with Crippen molar-refractivity contribution in [3.63, 3.8) is 0 Å². The van der Waals surface area contributed by atoms with Crippen molar-refractivity contribution in [2.75, 3.05) is 12.4 Å². The third-order valence-corrected chi connectivity index (χ3v) is 8.15. The maximum Gasteiger partial charge on any atom is 0.326 e. The third kappa shape index (κ3) is 15.1. The Morgan fingerprint density at radius 1 is 0.635 bits per heavy atom. The Bertz CT molecular complexity index is 1510. The van der Waals surface area contributed by atoms with Crippen LogP contribution in [-0.4, -0.2) is 105 Å². The van der Waals surface area contributed by atoms with E-state index in [2.05, 4.69) is 39.2 Å². The lowest BCUT2D eigenvalue weighted by atomic mass is 10.0. The average Bonchev–Trinajstić information content (AvgIpc) is 3.11. The van der Waals surface area contributed by atoms with Crippen LogP contribution in [0.4, 0.5) is 0 Å². The Hall–Kier alpha value is -5.00. The molecule has 0 aliphatic rings. The van der Waals surface area contributed by atoms with Crippen LogP contribution in [0, 0.1) is 5.92 Å². The summed E-state index contributed by atoms with van der Waals surface area (Å²) in [7, 11) is 0. The summed E-state index contributed by atoms with van der Waals surface area (Å²) in [6.45, 7) is 2.84. The van der Waals surface area contributed by atoms with Gasteiger partial charge >= 0.3 is 11.9 Å². The number of hydrogen-bond acceptors (Lipinski definition) is 10. The van der Waals surface area contributed by atoms with Crippen molar-refractivity contribution in [3.8, 4) is 0 Å². The monoisotopic (exact) mass is 744 g/mol. The van der Waals surface area contributed by atoms with E-state index >= 15 is 0 Å². The lowest BCUT2D eigenvalue weighted by Gasteiger charge is -2.27. The molecule has 0 radical (unpaired) electrons. The predicted molar refractivity (Wildman–Crippen MR) is 193 cm³/mol. The number of aliphatic carboxylic acids is 2. The minimum atomic E-state index is -1.47. The molecular weight excluding hydrogens is 696 g/mol. The maximum absolute atomic E-state index is 13.8. The van der Waals surface area contributed by atoms with Crippen molar-refractivity contribution in [2.24, 2.45) is 11.7 Å². The zero-order chi connectivity index (χ0) is 38.8. The van der Waals surface area contributed by atoms with Gasteiger partial charge in [0.25, 0.3) is 0 Å². The van der Waals surface area contributed by atoms with Gasteiger partial charge < -0.3 is 47.6 Å². The molecular formula is C35H48N6O10S.